The number of aromatic nitrogens is 1. The summed E-state index contributed by atoms with van der Waals surface area (Å²) in [5.41, 5.74) is 5.37. The lowest BCUT2D eigenvalue weighted by Crippen LogP contribution is -2.24. The van der Waals surface area contributed by atoms with Crippen molar-refractivity contribution < 1.29 is 14.6 Å². The summed E-state index contributed by atoms with van der Waals surface area (Å²) in [6.07, 6.45) is 5.07. The van der Waals surface area contributed by atoms with Crippen molar-refractivity contribution in [3.05, 3.63) is 62.3 Å². The van der Waals surface area contributed by atoms with Crippen molar-refractivity contribution >= 4 is 28.0 Å². The molecule has 29 heavy (non-hydrogen) atoms. The smallest absolute Gasteiger partial charge is 0.305 e. The molecule has 0 amide bonds. The van der Waals surface area contributed by atoms with Gasteiger partial charge < -0.3 is 20.1 Å². The van der Waals surface area contributed by atoms with E-state index in [2.05, 4.69) is 28.5 Å². The van der Waals surface area contributed by atoms with Crippen LogP contribution in [-0.2, 0) is 24.1 Å². The molecule has 0 bridgehead atoms. The van der Waals surface area contributed by atoms with E-state index in [0.29, 0.717) is 28.8 Å². The summed E-state index contributed by atoms with van der Waals surface area (Å²) in [6, 6.07) is 10.1. The number of aryl methyl sites for hydroxylation is 2. The minimum atomic E-state index is -0.766. The van der Waals surface area contributed by atoms with Gasteiger partial charge in [-0.15, -0.1) is 0 Å². The molecule has 0 saturated carbocycles. The lowest BCUT2D eigenvalue weighted by Gasteiger charge is -2.17. The second-order valence-corrected chi connectivity index (χ2v) is 8.35. The quantitative estimate of drug-likeness (QED) is 0.391. The van der Waals surface area contributed by atoms with Crippen molar-refractivity contribution in [2.24, 2.45) is 0 Å². The summed E-state index contributed by atoms with van der Waals surface area (Å²) in [5, 5.41) is 13.9. The fourth-order valence-corrected chi connectivity index (χ4v) is 4.88. The highest BCUT2D eigenvalue weighted by atomic mass is 32.1. The van der Waals surface area contributed by atoms with Gasteiger partial charge in [-0.3, -0.25) is 9.59 Å². The zero-order valence-corrected chi connectivity index (χ0v) is 16.9. The van der Waals surface area contributed by atoms with Crippen LogP contribution in [0.25, 0.3) is 10.2 Å². The number of aliphatic hydroxyl groups excluding tert-OH is 1. The summed E-state index contributed by atoms with van der Waals surface area (Å²) >= 11 is 1.00. The molecule has 3 aromatic rings. The summed E-state index contributed by atoms with van der Waals surface area (Å²) in [7, 11) is 0. The Morgan fingerprint density at radius 3 is 2.86 bits per heavy atom. The number of rotatable bonds is 8. The van der Waals surface area contributed by atoms with E-state index < -0.39 is 6.10 Å². The van der Waals surface area contributed by atoms with Crippen LogP contribution in [0, 0.1) is 0 Å². The second kappa shape index (κ2) is 8.90. The van der Waals surface area contributed by atoms with Crippen molar-refractivity contribution in [2.45, 2.75) is 38.2 Å². The number of carbonyl (C=O) groups is 1. The first-order chi connectivity index (χ1) is 14.2. The first-order valence-corrected chi connectivity index (χ1v) is 10.7. The number of aromatic amines is 1. The Bertz CT molecular complexity index is 1070. The summed E-state index contributed by atoms with van der Waals surface area (Å²) < 4.78 is 5.52. The van der Waals surface area contributed by atoms with Crippen LogP contribution in [-0.4, -0.2) is 29.7 Å². The van der Waals surface area contributed by atoms with Crippen molar-refractivity contribution in [1.29, 1.82) is 0 Å². The third-order valence-corrected chi connectivity index (χ3v) is 6.38. The van der Waals surface area contributed by atoms with Gasteiger partial charge in [-0.1, -0.05) is 35.6 Å². The fourth-order valence-electron chi connectivity index (χ4n) is 3.97. The third-order valence-electron chi connectivity index (χ3n) is 5.45. The lowest BCUT2D eigenvalue weighted by molar-refractivity contribution is -0.120. The Morgan fingerprint density at radius 2 is 2.03 bits per heavy atom. The maximum absolute atomic E-state index is 11.8. The fraction of sp³-hybridized carbons (Fsp3) is 0.364. The Hall–Kier alpha value is -2.48. The Balaban J connectivity index is 1.37. The van der Waals surface area contributed by atoms with Crippen LogP contribution in [0.15, 0.2) is 35.1 Å². The van der Waals surface area contributed by atoms with Gasteiger partial charge in [0.15, 0.2) is 5.75 Å². The van der Waals surface area contributed by atoms with Gasteiger partial charge >= 0.3 is 4.87 Å². The van der Waals surface area contributed by atoms with Crippen LogP contribution in [0.3, 0.4) is 0 Å². The second-order valence-electron chi connectivity index (χ2n) is 7.37. The van der Waals surface area contributed by atoms with E-state index in [1.54, 1.807) is 12.1 Å². The SMILES string of the molecule is O=COc1ccc([C@@H](O)CNCCc2ccc3c(c2)CCCC3)c2sc(=O)[nH]c12. The van der Waals surface area contributed by atoms with Crippen molar-refractivity contribution in [1.82, 2.24) is 10.3 Å². The van der Waals surface area contributed by atoms with Gasteiger partial charge in [0.1, 0.15) is 5.52 Å². The number of hydrogen-bond acceptors (Lipinski definition) is 6. The molecule has 0 aliphatic heterocycles. The molecule has 152 valence electrons. The summed E-state index contributed by atoms with van der Waals surface area (Å²) in [4.78, 5) is 24.8. The van der Waals surface area contributed by atoms with Gasteiger partial charge in [0.2, 0.25) is 0 Å². The number of hydrogen-bond donors (Lipinski definition) is 3. The van der Waals surface area contributed by atoms with Gasteiger partial charge in [-0.25, -0.2) is 0 Å². The van der Waals surface area contributed by atoms with Crippen molar-refractivity contribution in [3.8, 4) is 5.75 Å². The molecule has 2 aromatic carbocycles. The molecule has 1 aliphatic carbocycles. The standard InChI is InChI=1S/C22H24N2O4S/c25-13-28-19-8-7-17(21-20(19)24-22(27)29-21)18(26)12-23-10-9-14-5-6-15-3-1-2-4-16(15)11-14/h5-8,11,13,18,23,26H,1-4,9-10,12H2,(H,24,27)/t18-/m0/s1. The van der Waals surface area contributed by atoms with E-state index in [4.69, 9.17) is 4.74 Å². The molecule has 1 atom stereocenters. The molecule has 4 rings (SSSR count). The molecule has 1 aromatic heterocycles. The molecule has 0 unspecified atom stereocenters. The summed E-state index contributed by atoms with van der Waals surface area (Å²) in [6.45, 7) is 1.46. The van der Waals surface area contributed by atoms with Gasteiger partial charge in [-0.2, -0.15) is 0 Å². The van der Waals surface area contributed by atoms with Crippen LogP contribution >= 0.6 is 11.3 Å². The van der Waals surface area contributed by atoms with E-state index in [1.807, 2.05) is 0 Å². The first kappa shape index (κ1) is 19.8. The average molecular weight is 413 g/mol. The largest absolute Gasteiger partial charge is 0.426 e. The molecule has 0 radical (unpaired) electrons. The topological polar surface area (TPSA) is 91.4 Å². The molecular formula is C22H24N2O4S. The van der Waals surface area contributed by atoms with E-state index >= 15 is 0 Å². The predicted molar refractivity (Wildman–Crippen MR) is 114 cm³/mol. The number of nitrogens with one attached hydrogen (secondary N) is 2. The van der Waals surface area contributed by atoms with Crippen LogP contribution < -0.4 is 14.9 Å². The number of carbonyl (C=O) groups excluding carboxylic acids is 1. The molecule has 1 heterocycles. The molecule has 7 heteroatoms. The van der Waals surface area contributed by atoms with Crippen LogP contribution in [0.4, 0.5) is 0 Å². The molecule has 1 aliphatic rings. The van der Waals surface area contributed by atoms with Gasteiger partial charge in [0.25, 0.3) is 6.47 Å². The number of ether oxygens (including phenoxy) is 1. The summed E-state index contributed by atoms with van der Waals surface area (Å²) in [5.74, 6) is 0.282. The number of aliphatic hydroxyl groups is 1. The molecule has 3 N–H and O–H groups in total. The molecule has 6 nitrogen and oxygen atoms in total. The number of thiazole rings is 1. The van der Waals surface area contributed by atoms with E-state index in [0.717, 1.165) is 24.3 Å². The van der Waals surface area contributed by atoms with Gasteiger partial charge in [0.05, 0.1) is 10.8 Å². The number of benzene rings is 2. The predicted octanol–water partition coefficient (Wildman–Crippen LogP) is 2.87. The first-order valence-electron chi connectivity index (χ1n) is 9.91. The number of H-pyrrole nitrogens is 1. The highest BCUT2D eigenvalue weighted by Crippen LogP contribution is 2.31. The van der Waals surface area contributed by atoms with E-state index in [-0.39, 0.29) is 10.6 Å². The highest BCUT2D eigenvalue weighted by Gasteiger charge is 2.17. The van der Waals surface area contributed by atoms with Crippen molar-refractivity contribution in [2.75, 3.05) is 13.1 Å². The van der Waals surface area contributed by atoms with Crippen LogP contribution in [0.1, 0.15) is 41.2 Å². The average Bonchev–Trinajstić information content (AvgIpc) is 3.13. The zero-order valence-electron chi connectivity index (χ0n) is 16.1. The maximum Gasteiger partial charge on any atom is 0.305 e. The third kappa shape index (κ3) is 4.42. The number of fused-ring (bicyclic) bond motifs is 2. The Morgan fingerprint density at radius 1 is 1.21 bits per heavy atom. The van der Waals surface area contributed by atoms with E-state index in [9.17, 15) is 14.7 Å². The maximum atomic E-state index is 11.8. The van der Waals surface area contributed by atoms with Gasteiger partial charge in [-0.05, 0) is 61.4 Å². The zero-order chi connectivity index (χ0) is 20.2. The van der Waals surface area contributed by atoms with E-state index in [1.165, 1.54) is 42.4 Å². The minimum absolute atomic E-state index is 0.254. The Labute approximate surface area is 172 Å². The lowest BCUT2D eigenvalue weighted by atomic mass is 9.90. The minimum Gasteiger partial charge on any atom is -0.426 e. The highest BCUT2D eigenvalue weighted by molar-refractivity contribution is 7.16. The molecule has 0 fully saturated rings. The molecule has 0 spiro atoms. The van der Waals surface area contributed by atoms with Crippen LogP contribution in [0.5, 0.6) is 5.75 Å². The van der Waals surface area contributed by atoms with Crippen molar-refractivity contribution in [3.63, 3.8) is 0 Å². The molecule has 0 saturated heterocycles. The molecular weight excluding hydrogens is 388 g/mol. The Kier molecular flexibility index (Phi) is 6.08. The van der Waals surface area contributed by atoms with Gasteiger partial charge in [0, 0.05) is 12.1 Å². The monoisotopic (exact) mass is 412 g/mol. The normalized spacial score (nSPS) is 14.5. The van der Waals surface area contributed by atoms with Crippen LogP contribution in [0.2, 0.25) is 0 Å².